The maximum absolute atomic E-state index is 5.49. The Hall–Kier alpha value is -6.85. The lowest BCUT2D eigenvalue weighted by Gasteiger charge is -2.20. The molecule has 0 unspecified atom stereocenters. The summed E-state index contributed by atoms with van der Waals surface area (Å²) in [7, 11) is 0. The van der Waals surface area contributed by atoms with Crippen molar-refractivity contribution in [1.82, 2.24) is 24.1 Å². The summed E-state index contributed by atoms with van der Waals surface area (Å²) in [5, 5.41) is 4.81. The Morgan fingerprint density at radius 1 is 0.318 bits per heavy atom. The fraction of sp³-hybridized carbons (Fsp3) is 0.262. The average molecular weight is 864 g/mol. The highest BCUT2D eigenvalue weighted by Gasteiger charge is 2.26. The van der Waals surface area contributed by atoms with Gasteiger partial charge < -0.3 is 9.13 Å². The molecule has 0 aliphatic rings. The van der Waals surface area contributed by atoms with E-state index in [0.29, 0.717) is 17.5 Å². The largest absolute Gasteiger partial charge is 0.309 e. The third kappa shape index (κ3) is 7.58. The van der Waals surface area contributed by atoms with Crippen LogP contribution in [0.5, 0.6) is 0 Å². The molecule has 5 heteroatoms. The molecule has 0 aliphatic heterocycles. The van der Waals surface area contributed by atoms with Crippen LogP contribution in [0.1, 0.15) is 105 Å². The lowest BCUT2D eigenvalue weighted by molar-refractivity contribution is 0.590. The summed E-state index contributed by atoms with van der Waals surface area (Å²) >= 11 is 0. The molecule has 0 fully saturated rings. The van der Waals surface area contributed by atoms with Crippen molar-refractivity contribution in [2.45, 2.75) is 105 Å². The van der Waals surface area contributed by atoms with Crippen molar-refractivity contribution in [2.75, 3.05) is 0 Å². The molecule has 0 saturated heterocycles. The monoisotopic (exact) mass is 863 g/mol. The zero-order valence-electron chi connectivity index (χ0n) is 40.7. The number of benzene rings is 7. The van der Waals surface area contributed by atoms with Gasteiger partial charge in [0.25, 0.3) is 0 Å². The van der Waals surface area contributed by atoms with Crippen molar-refractivity contribution in [3.63, 3.8) is 0 Å². The molecule has 330 valence electrons. The molecule has 0 bridgehead atoms. The maximum Gasteiger partial charge on any atom is 0.166 e. The highest BCUT2D eigenvalue weighted by Crippen LogP contribution is 2.43. The lowest BCUT2D eigenvalue weighted by Crippen LogP contribution is -2.11. The van der Waals surface area contributed by atoms with Crippen LogP contribution in [0.15, 0.2) is 152 Å². The molecule has 10 aromatic rings. The smallest absolute Gasteiger partial charge is 0.166 e. The Bertz CT molecular complexity index is 3320. The summed E-state index contributed by atoms with van der Waals surface area (Å²) in [6.07, 6.45) is 0. The second-order valence-electron chi connectivity index (χ2n) is 22.3. The number of para-hydroxylation sites is 2. The quantitative estimate of drug-likeness (QED) is 0.173. The predicted octanol–water partition coefficient (Wildman–Crippen LogP) is 16.3. The first-order valence-electron chi connectivity index (χ1n) is 23.4. The Morgan fingerprint density at radius 3 is 1.21 bits per heavy atom. The molecule has 3 aromatic heterocycles. The van der Waals surface area contributed by atoms with E-state index >= 15 is 0 Å². The van der Waals surface area contributed by atoms with Gasteiger partial charge in [0.05, 0.1) is 27.8 Å². The summed E-state index contributed by atoms with van der Waals surface area (Å²) < 4.78 is 4.85. The van der Waals surface area contributed by atoms with Crippen LogP contribution >= 0.6 is 0 Å². The highest BCUT2D eigenvalue weighted by molar-refractivity contribution is 6.14. The number of aromatic nitrogens is 5. The van der Waals surface area contributed by atoms with Crippen LogP contribution in [0.2, 0.25) is 0 Å². The minimum atomic E-state index is -0.0264. The summed E-state index contributed by atoms with van der Waals surface area (Å²) in [6, 6.07) is 55.8. The molecule has 0 N–H and O–H groups in total. The molecule has 3 heterocycles. The first-order valence-corrected chi connectivity index (χ1v) is 23.4. The van der Waals surface area contributed by atoms with Crippen LogP contribution < -0.4 is 0 Å². The van der Waals surface area contributed by atoms with Crippen molar-refractivity contribution in [3.8, 4) is 45.5 Å². The Labute approximate surface area is 390 Å². The van der Waals surface area contributed by atoms with Crippen LogP contribution in [0.4, 0.5) is 0 Å². The van der Waals surface area contributed by atoms with E-state index in [1.807, 2.05) is 0 Å². The summed E-state index contributed by atoms with van der Waals surface area (Å²) in [6.45, 7) is 27.3. The van der Waals surface area contributed by atoms with Gasteiger partial charge in [0.2, 0.25) is 0 Å². The molecule has 10 rings (SSSR count). The van der Waals surface area contributed by atoms with Crippen LogP contribution in [0.3, 0.4) is 0 Å². The van der Waals surface area contributed by atoms with Gasteiger partial charge in [0, 0.05) is 43.9 Å². The standard InChI is InChI=1S/C61H61N5/c1-58(2,3)40-26-22-38(23-27-40)55-62-56(39-24-28-41(29-25-39)59(4,5)6)64-57(63-55)49-37-53-48(45-20-16-17-21-50(45)65(53)44-18-14-13-15-19-44)36-54(49)66-51-32-30-42(60(7,8)9)34-46(51)47-35-43(61(10,11)12)31-33-52(47)66/h13-37H,1-12H3. The van der Waals surface area contributed by atoms with E-state index in [0.717, 1.165) is 55.5 Å². The molecule has 0 atom stereocenters. The van der Waals surface area contributed by atoms with E-state index < -0.39 is 0 Å². The minimum absolute atomic E-state index is 0.00781. The second-order valence-corrected chi connectivity index (χ2v) is 22.3. The summed E-state index contributed by atoms with van der Waals surface area (Å²) in [5.74, 6) is 1.89. The van der Waals surface area contributed by atoms with Gasteiger partial charge in [-0.15, -0.1) is 0 Å². The van der Waals surface area contributed by atoms with Gasteiger partial charge in [-0.25, -0.2) is 15.0 Å². The number of hydrogen-bond donors (Lipinski definition) is 0. The van der Waals surface area contributed by atoms with Crippen molar-refractivity contribution < 1.29 is 0 Å². The number of nitrogens with zero attached hydrogens (tertiary/aromatic N) is 5. The van der Waals surface area contributed by atoms with Crippen LogP contribution in [0, 0.1) is 0 Å². The summed E-state index contributed by atoms with van der Waals surface area (Å²) in [5.41, 5.74) is 14.5. The molecular formula is C61H61N5. The van der Waals surface area contributed by atoms with Crippen molar-refractivity contribution in [3.05, 3.63) is 174 Å². The van der Waals surface area contributed by atoms with Gasteiger partial charge in [-0.2, -0.15) is 0 Å². The topological polar surface area (TPSA) is 48.5 Å². The molecule has 0 saturated carbocycles. The van der Waals surface area contributed by atoms with E-state index in [-0.39, 0.29) is 21.7 Å². The van der Waals surface area contributed by atoms with Gasteiger partial charge >= 0.3 is 0 Å². The van der Waals surface area contributed by atoms with E-state index in [1.165, 1.54) is 38.4 Å². The molecule has 0 amide bonds. The predicted molar refractivity (Wildman–Crippen MR) is 280 cm³/mol. The van der Waals surface area contributed by atoms with Crippen LogP contribution in [-0.2, 0) is 21.7 Å². The van der Waals surface area contributed by atoms with Crippen molar-refractivity contribution in [2.24, 2.45) is 0 Å². The zero-order valence-corrected chi connectivity index (χ0v) is 40.7. The Kier molecular flexibility index (Phi) is 10.0. The zero-order chi connectivity index (χ0) is 46.5. The van der Waals surface area contributed by atoms with Gasteiger partial charge in [-0.05, 0) is 98.5 Å². The van der Waals surface area contributed by atoms with Gasteiger partial charge in [-0.1, -0.05) is 180 Å². The van der Waals surface area contributed by atoms with E-state index in [2.05, 4.69) is 244 Å². The lowest BCUT2D eigenvalue weighted by atomic mass is 9.85. The molecule has 0 radical (unpaired) electrons. The fourth-order valence-corrected chi connectivity index (χ4v) is 9.43. The van der Waals surface area contributed by atoms with E-state index in [1.54, 1.807) is 0 Å². The average Bonchev–Trinajstić information content (AvgIpc) is 3.79. The van der Waals surface area contributed by atoms with Gasteiger partial charge in [0.15, 0.2) is 17.5 Å². The number of hydrogen-bond acceptors (Lipinski definition) is 3. The van der Waals surface area contributed by atoms with Crippen molar-refractivity contribution >= 4 is 43.6 Å². The molecule has 0 spiro atoms. The molecule has 5 nitrogen and oxygen atoms in total. The Balaban J connectivity index is 1.34. The Morgan fingerprint density at radius 2 is 0.727 bits per heavy atom. The van der Waals surface area contributed by atoms with Gasteiger partial charge in [0.1, 0.15) is 0 Å². The normalized spacial score (nSPS) is 12.8. The molecule has 7 aromatic carbocycles. The van der Waals surface area contributed by atoms with E-state index in [9.17, 15) is 0 Å². The molecular weight excluding hydrogens is 803 g/mol. The maximum atomic E-state index is 5.49. The van der Waals surface area contributed by atoms with Gasteiger partial charge in [-0.3, -0.25) is 0 Å². The number of rotatable bonds is 5. The van der Waals surface area contributed by atoms with E-state index in [4.69, 9.17) is 15.0 Å². The highest BCUT2D eigenvalue weighted by atomic mass is 15.1. The minimum Gasteiger partial charge on any atom is -0.309 e. The first-order chi connectivity index (χ1) is 31.2. The van der Waals surface area contributed by atoms with Crippen molar-refractivity contribution in [1.29, 1.82) is 0 Å². The molecule has 0 aliphatic carbocycles. The van der Waals surface area contributed by atoms with Crippen LogP contribution in [-0.4, -0.2) is 24.1 Å². The number of fused-ring (bicyclic) bond motifs is 6. The fourth-order valence-electron chi connectivity index (χ4n) is 9.43. The first kappa shape index (κ1) is 43.1. The second kappa shape index (κ2) is 15.4. The third-order valence-corrected chi connectivity index (χ3v) is 13.4. The molecule has 66 heavy (non-hydrogen) atoms. The summed E-state index contributed by atoms with van der Waals surface area (Å²) in [4.78, 5) is 16.2. The SMILES string of the molecule is CC(C)(C)c1ccc(-c2nc(-c3ccc(C(C)(C)C)cc3)nc(-c3cc4c(cc3-n3c5ccc(C(C)(C)C)cc5c5cc(C(C)(C)C)ccc53)c3ccccc3n4-c3ccccc3)n2)cc1. The van der Waals surface area contributed by atoms with Crippen LogP contribution in [0.25, 0.3) is 89.2 Å². The third-order valence-electron chi connectivity index (χ3n) is 13.4.